The Labute approximate surface area is 270 Å². The maximum absolute atomic E-state index is 10.0. The summed E-state index contributed by atoms with van der Waals surface area (Å²) in [6, 6.07) is 43.9. The SMILES string of the molecule is N=C1C=Cc2c(-c3ccccc3)nc3ccc(-c4ccc(-c5nc(-c6ccccc6)nc(-c6ccccc6)n5)cc4)cc3c2/C1=N/O. The Morgan fingerprint density at radius 2 is 0.979 bits per heavy atom. The van der Waals surface area contributed by atoms with Crippen LogP contribution in [0.25, 0.3) is 73.5 Å². The van der Waals surface area contributed by atoms with Crippen molar-refractivity contribution in [3.8, 4) is 56.5 Å². The summed E-state index contributed by atoms with van der Waals surface area (Å²) in [5.74, 6) is 1.81. The van der Waals surface area contributed by atoms with E-state index < -0.39 is 0 Å². The van der Waals surface area contributed by atoms with Crippen molar-refractivity contribution in [2.24, 2.45) is 5.16 Å². The molecule has 8 rings (SSSR count). The van der Waals surface area contributed by atoms with E-state index in [9.17, 15) is 5.21 Å². The first-order chi connectivity index (χ1) is 23.2. The molecule has 1 aliphatic rings. The Balaban J connectivity index is 1.22. The molecule has 0 aliphatic heterocycles. The standard InChI is InChI=1S/C40H26N6O/c41-33-22-21-31-35(37(33)46-47)32-24-30(20-23-34(32)42-36(31)26-10-4-1-5-11-26)25-16-18-29(19-17-25)40-44-38(27-12-6-2-7-13-27)43-39(45-40)28-14-8-3-9-15-28/h1-24,41,47H/b41-33?,46-37+. The molecule has 222 valence electrons. The summed E-state index contributed by atoms with van der Waals surface area (Å²) >= 11 is 0. The lowest BCUT2D eigenvalue weighted by molar-refractivity contribution is 0.320. The zero-order chi connectivity index (χ0) is 31.7. The molecule has 2 heterocycles. The summed E-state index contributed by atoms with van der Waals surface area (Å²) in [7, 11) is 0. The van der Waals surface area contributed by atoms with Gasteiger partial charge in [0.05, 0.1) is 16.9 Å². The van der Waals surface area contributed by atoms with E-state index in [2.05, 4.69) is 5.16 Å². The van der Waals surface area contributed by atoms with Crippen LogP contribution in [0.4, 0.5) is 0 Å². The summed E-state index contributed by atoms with van der Waals surface area (Å²) < 4.78 is 0. The fourth-order valence-electron chi connectivity index (χ4n) is 5.92. The van der Waals surface area contributed by atoms with Crippen molar-refractivity contribution < 1.29 is 5.21 Å². The molecule has 0 unspecified atom stereocenters. The van der Waals surface area contributed by atoms with Gasteiger partial charge in [0, 0.05) is 38.8 Å². The number of hydrogen-bond acceptors (Lipinski definition) is 7. The number of nitrogens with one attached hydrogen (secondary N) is 1. The number of pyridine rings is 1. The van der Waals surface area contributed by atoms with Gasteiger partial charge in [0.15, 0.2) is 17.5 Å². The fourth-order valence-corrected chi connectivity index (χ4v) is 5.92. The highest BCUT2D eigenvalue weighted by molar-refractivity contribution is 6.55. The molecule has 7 aromatic rings. The van der Waals surface area contributed by atoms with E-state index in [1.54, 1.807) is 6.08 Å². The van der Waals surface area contributed by atoms with Gasteiger partial charge in [-0.15, -0.1) is 0 Å². The highest BCUT2D eigenvalue weighted by atomic mass is 16.4. The van der Waals surface area contributed by atoms with E-state index in [1.165, 1.54) is 0 Å². The van der Waals surface area contributed by atoms with E-state index >= 15 is 0 Å². The fraction of sp³-hybridized carbons (Fsp3) is 0. The molecule has 0 amide bonds. The van der Waals surface area contributed by atoms with Gasteiger partial charge in [-0.2, -0.15) is 0 Å². The van der Waals surface area contributed by atoms with Gasteiger partial charge in [-0.1, -0.05) is 126 Å². The predicted octanol–water partition coefficient (Wildman–Crippen LogP) is 8.98. The number of aromatic nitrogens is 4. The van der Waals surface area contributed by atoms with E-state index in [1.807, 2.05) is 140 Å². The van der Waals surface area contributed by atoms with Crippen molar-refractivity contribution in [1.82, 2.24) is 19.9 Å². The maximum Gasteiger partial charge on any atom is 0.164 e. The van der Waals surface area contributed by atoms with Crippen LogP contribution in [-0.4, -0.2) is 36.6 Å². The Bertz CT molecular complexity index is 2290. The van der Waals surface area contributed by atoms with Gasteiger partial charge in [0.25, 0.3) is 0 Å². The highest BCUT2D eigenvalue weighted by Gasteiger charge is 2.25. The summed E-state index contributed by atoms with van der Waals surface area (Å²) in [5, 5.41) is 22.9. The van der Waals surface area contributed by atoms with Crippen LogP contribution in [0.15, 0.2) is 145 Å². The van der Waals surface area contributed by atoms with Crippen molar-refractivity contribution in [2.45, 2.75) is 0 Å². The number of rotatable bonds is 5. The molecule has 5 aromatic carbocycles. The van der Waals surface area contributed by atoms with Gasteiger partial charge in [0.2, 0.25) is 0 Å². The summed E-state index contributed by atoms with van der Waals surface area (Å²) in [6.07, 6.45) is 3.53. The lowest BCUT2D eigenvalue weighted by Crippen LogP contribution is -2.19. The number of fused-ring (bicyclic) bond motifs is 3. The molecule has 0 atom stereocenters. The molecule has 2 N–H and O–H groups in total. The van der Waals surface area contributed by atoms with Crippen molar-refractivity contribution in [3.05, 3.63) is 151 Å². The second kappa shape index (κ2) is 11.7. The third-order valence-electron chi connectivity index (χ3n) is 8.25. The van der Waals surface area contributed by atoms with Crippen LogP contribution >= 0.6 is 0 Å². The van der Waals surface area contributed by atoms with Crippen LogP contribution in [0, 0.1) is 5.41 Å². The van der Waals surface area contributed by atoms with Gasteiger partial charge in [-0.05, 0) is 35.4 Å². The van der Waals surface area contributed by atoms with Gasteiger partial charge >= 0.3 is 0 Å². The largest absolute Gasteiger partial charge is 0.410 e. The number of oxime groups is 1. The lowest BCUT2D eigenvalue weighted by Gasteiger charge is -2.19. The van der Waals surface area contributed by atoms with E-state index in [4.69, 9.17) is 25.3 Å². The number of hydrogen-bond donors (Lipinski definition) is 2. The number of nitrogens with zero attached hydrogens (tertiary/aromatic N) is 5. The normalized spacial score (nSPS) is 13.2. The van der Waals surface area contributed by atoms with Crippen molar-refractivity contribution in [2.75, 3.05) is 0 Å². The minimum atomic E-state index is 0.142. The van der Waals surface area contributed by atoms with E-state index in [-0.39, 0.29) is 11.4 Å². The number of allylic oxidation sites excluding steroid dienone is 1. The summed E-state index contributed by atoms with van der Waals surface area (Å²) in [4.78, 5) is 19.5. The van der Waals surface area contributed by atoms with Crippen molar-refractivity contribution in [1.29, 1.82) is 5.41 Å². The van der Waals surface area contributed by atoms with Crippen LogP contribution in [-0.2, 0) is 0 Å². The molecule has 7 heteroatoms. The van der Waals surface area contributed by atoms with Crippen molar-refractivity contribution >= 4 is 28.4 Å². The summed E-state index contributed by atoms with van der Waals surface area (Å²) in [5.41, 5.74) is 9.00. The third-order valence-corrected chi connectivity index (χ3v) is 8.25. The Morgan fingerprint density at radius 1 is 0.489 bits per heavy atom. The summed E-state index contributed by atoms with van der Waals surface area (Å²) in [6.45, 7) is 0. The van der Waals surface area contributed by atoms with Crippen LogP contribution in [0.3, 0.4) is 0 Å². The Morgan fingerprint density at radius 3 is 1.53 bits per heavy atom. The molecule has 0 radical (unpaired) electrons. The molecule has 0 saturated carbocycles. The molecule has 7 nitrogen and oxygen atoms in total. The molecular formula is C40H26N6O. The molecule has 0 bridgehead atoms. The average Bonchev–Trinajstić information content (AvgIpc) is 3.15. The van der Waals surface area contributed by atoms with Crippen LogP contribution in [0.5, 0.6) is 0 Å². The number of benzene rings is 5. The Hall–Kier alpha value is -6.60. The first kappa shape index (κ1) is 27.9. The Kier molecular flexibility index (Phi) is 6.96. The topological polar surface area (TPSA) is 108 Å². The zero-order valence-electron chi connectivity index (χ0n) is 25.0. The monoisotopic (exact) mass is 606 g/mol. The molecule has 0 spiro atoms. The first-order valence-corrected chi connectivity index (χ1v) is 15.2. The zero-order valence-corrected chi connectivity index (χ0v) is 25.0. The highest BCUT2D eigenvalue weighted by Crippen LogP contribution is 2.36. The molecular weight excluding hydrogens is 580 g/mol. The molecule has 1 aliphatic carbocycles. The molecule has 2 aromatic heterocycles. The lowest BCUT2D eigenvalue weighted by atomic mass is 9.87. The van der Waals surface area contributed by atoms with Crippen LogP contribution < -0.4 is 0 Å². The van der Waals surface area contributed by atoms with Crippen LogP contribution in [0.2, 0.25) is 0 Å². The van der Waals surface area contributed by atoms with Gasteiger partial charge in [0.1, 0.15) is 5.71 Å². The average molecular weight is 607 g/mol. The van der Waals surface area contributed by atoms with Gasteiger partial charge in [-0.3, -0.25) is 5.41 Å². The second-order valence-corrected chi connectivity index (χ2v) is 11.2. The molecule has 0 fully saturated rings. The molecule has 47 heavy (non-hydrogen) atoms. The minimum Gasteiger partial charge on any atom is -0.410 e. The third kappa shape index (κ3) is 5.15. The predicted molar refractivity (Wildman–Crippen MR) is 187 cm³/mol. The smallest absolute Gasteiger partial charge is 0.164 e. The molecule has 0 saturated heterocycles. The maximum atomic E-state index is 10.0. The van der Waals surface area contributed by atoms with Crippen molar-refractivity contribution in [3.63, 3.8) is 0 Å². The van der Waals surface area contributed by atoms with E-state index in [0.717, 1.165) is 55.5 Å². The second-order valence-electron chi connectivity index (χ2n) is 11.2. The van der Waals surface area contributed by atoms with Crippen LogP contribution in [0.1, 0.15) is 11.1 Å². The van der Waals surface area contributed by atoms with E-state index in [0.29, 0.717) is 23.0 Å². The van der Waals surface area contributed by atoms with Gasteiger partial charge in [-0.25, -0.2) is 19.9 Å². The quantitative estimate of drug-likeness (QED) is 0.150. The first-order valence-electron chi connectivity index (χ1n) is 15.2. The minimum absolute atomic E-state index is 0.142. The van der Waals surface area contributed by atoms with Gasteiger partial charge < -0.3 is 5.21 Å².